The first-order valence-electron chi connectivity index (χ1n) is 3.08. The lowest BCUT2D eigenvalue weighted by atomic mass is 10.3. The molecule has 3 heteroatoms. The van der Waals surface area contributed by atoms with E-state index < -0.39 is 5.97 Å². The Kier molecular flexibility index (Phi) is 4.58. The maximum absolute atomic E-state index is 9.73. The molecule has 1 heterocycles. The van der Waals surface area contributed by atoms with Crippen molar-refractivity contribution in [2.45, 2.75) is 13.8 Å². The summed E-state index contributed by atoms with van der Waals surface area (Å²) < 4.78 is 4.50. The van der Waals surface area contributed by atoms with Crippen molar-refractivity contribution >= 4 is 5.97 Å². The minimum Gasteiger partial charge on any atom is -0.478 e. The molecule has 0 aromatic rings. The van der Waals surface area contributed by atoms with Crippen molar-refractivity contribution in [2.75, 3.05) is 13.2 Å². The van der Waals surface area contributed by atoms with E-state index in [4.69, 9.17) is 5.11 Å². The van der Waals surface area contributed by atoms with Crippen LogP contribution >= 0.6 is 0 Å². The summed E-state index contributed by atoms with van der Waals surface area (Å²) in [5, 5.41) is 8.01. The summed E-state index contributed by atoms with van der Waals surface area (Å²) in [4.78, 5) is 9.73. The molecule has 0 unspecified atom stereocenters. The Hall–Kier alpha value is -0.830. The lowest BCUT2D eigenvalue weighted by Gasteiger charge is -1.79. The summed E-state index contributed by atoms with van der Waals surface area (Å²) in [6.07, 6.45) is 1.17. The summed E-state index contributed by atoms with van der Waals surface area (Å²) in [6.45, 7) is 5.49. The number of epoxide rings is 1. The fourth-order valence-corrected chi connectivity index (χ4v) is 0.247. The third-order valence-corrected chi connectivity index (χ3v) is 0.616. The van der Waals surface area contributed by atoms with Crippen LogP contribution in [0.3, 0.4) is 0 Å². The van der Waals surface area contributed by atoms with E-state index in [9.17, 15) is 4.79 Å². The quantitative estimate of drug-likeness (QED) is 0.442. The van der Waals surface area contributed by atoms with Gasteiger partial charge in [0, 0.05) is 6.08 Å². The average Bonchev–Trinajstić information content (AvgIpc) is 2.38. The van der Waals surface area contributed by atoms with Crippen LogP contribution in [-0.4, -0.2) is 24.3 Å². The lowest BCUT2D eigenvalue weighted by molar-refractivity contribution is -0.131. The molecule has 0 aromatic carbocycles. The minimum atomic E-state index is -0.875. The van der Waals surface area contributed by atoms with Gasteiger partial charge in [-0.25, -0.2) is 4.79 Å². The van der Waals surface area contributed by atoms with Gasteiger partial charge < -0.3 is 9.84 Å². The van der Waals surface area contributed by atoms with Gasteiger partial charge in [-0.3, -0.25) is 0 Å². The predicted molar refractivity (Wildman–Crippen MR) is 37.9 cm³/mol. The molecule has 1 saturated heterocycles. The Bertz CT molecular complexity index is 129. The first kappa shape index (κ1) is 9.17. The van der Waals surface area contributed by atoms with Gasteiger partial charge in [-0.05, 0) is 13.8 Å². The van der Waals surface area contributed by atoms with E-state index in [2.05, 4.69) is 4.74 Å². The Morgan fingerprint density at radius 1 is 1.50 bits per heavy atom. The number of allylic oxidation sites excluding steroid dienone is 1. The van der Waals surface area contributed by atoms with Crippen molar-refractivity contribution < 1.29 is 14.6 Å². The third kappa shape index (κ3) is 15.7. The van der Waals surface area contributed by atoms with Crippen molar-refractivity contribution in [1.29, 1.82) is 0 Å². The topological polar surface area (TPSA) is 49.8 Å². The first-order valence-corrected chi connectivity index (χ1v) is 3.08. The highest BCUT2D eigenvalue weighted by Crippen LogP contribution is 1.85. The second-order valence-corrected chi connectivity index (χ2v) is 2.17. The molecule has 10 heavy (non-hydrogen) atoms. The summed E-state index contributed by atoms with van der Waals surface area (Å²) >= 11 is 0. The molecule has 0 bridgehead atoms. The van der Waals surface area contributed by atoms with E-state index in [1.165, 1.54) is 6.08 Å². The molecular weight excluding hydrogens is 132 g/mol. The van der Waals surface area contributed by atoms with E-state index in [0.29, 0.717) is 0 Å². The molecule has 0 spiro atoms. The molecule has 1 aliphatic rings. The van der Waals surface area contributed by atoms with Gasteiger partial charge in [-0.1, -0.05) is 5.57 Å². The molecule has 3 nitrogen and oxygen atoms in total. The number of carbonyl (C=O) groups is 1. The van der Waals surface area contributed by atoms with Crippen LogP contribution in [0.4, 0.5) is 0 Å². The Morgan fingerprint density at radius 2 is 1.90 bits per heavy atom. The van der Waals surface area contributed by atoms with Gasteiger partial charge in [0.2, 0.25) is 0 Å². The van der Waals surface area contributed by atoms with Crippen molar-refractivity contribution in [3.05, 3.63) is 11.6 Å². The highest BCUT2D eigenvalue weighted by molar-refractivity contribution is 5.80. The van der Waals surface area contributed by atoms with Crippen LogP contribution in [0.25, 0.3) is 0 Å². The Morgan fingerprint density at radius 3 is 1.90 bits per heavy atom. The van der Waals surface area contributed by atoms with Crippen LogP contribution in [-0.2, 0) is 9.53 Å². The molecule has 1 aliphatic heterocycles. The lowest BCUT2D eigenvalue weighted by Crippen LogP contribution is -1.86. The molecule has 0 radical (unpaired) electrons. The van der Waals surface area contributed by atoms with Gasteiger partial charge in [-0.15, -0.1) is 0 Å². The molecule has 0 amide bonds. The molecule has 1 N–H and O–H groups in total. The van der Waals surface area contributed by atoms with Crippen LogP contribution in [0.2, 0.25) is 0 Å². The highest BCUT2D eigenvalue weighted by Gasteiger charge is 1.94. The fraction of sp³-hybridized carbons (Fsp3) is 0.571. The van der Waals surface area contributed by atoms with Gasteiger partial charge in [0.25, 0.3) is 0 Å². The molecular formula is C7H12O3. The zero-order valence-electron chi connectivity index (χ0n) is 6.26. The number of hydrogen-bond donors (Lipinski definition) is 1. The predicted octanol–water partition coefficient (Wildman–Crippen LogP) is 1.05. The highest BCUT2D eigenvalue weighted by atomic mass is 16.6. The van der Waals surface area contributed by atoms with Crippen molar-refractivity contribution in [3.8, 4) is 0 Å². The fourth-order valence-electron chi connectivity index (χ4n) is 0.247. The SMILES string of the molecule is C1CO1.CC(C)=CC(=O)O. The molecule has 0 aromatic heterocycles. The van der Waals surface area contributed by atoms with Crippen LogP contribution in [0.15, 0.2) is 11.6 Å². The van der Waals surface area contributed by atoms with E-state index in [1.807, 2.05) is 0 Å². The summed E-state index contributed by atoms with van der Waals surface area (Å²) in [7, 11) is 0. The van der Waals surface area contributed by atoms with Gasteiger partial charge in [0.1, 0.15) is 0 Å². The number of carboxylic acid groups (broad SMARTS) is 1. The monoisotopic (exact) mass is 144 g/mol. The molecule has 0 atom stereocenters. The number of ether oxygens (including phenoxy) is 1. The first-order chi connectivity index (χ1) is 4.63. The number of carboxylic acids is 1. The Labute approximate surface area is 60.3 Å². The van der Waals surface area contributed by atoms with Crippen LogP contribution in [0, 0.1) is 0 Å². The van der Waals surface area contributed by atoms with Gasteiger partial charge in [0.15, 0.2) is 0 Å². The standard InChI is InChI=1S/C5H8O2.C2H4O/c1-4(2)3-5(6)7;1-2-3-1/h3H,1-2H3,(H,6,7);1-2H2. The molecule has 1 fully saturated rings. The smallest absolute Gasteiger partial charge is 0.328 e. The molecule has 58 valence electrons. The van der Waals surface area contributed by atoms with Crippen LogP contribution in [0.5, 0.6) is 0 Å². The number of rotatable bonds is 1. The third-order valence-electron chi connectivity index (χ3n) is 0.616. The number of hydrogen-bond acceptors (Lipinski definition) is 2. The van der Waals surface area contributed by atoms with E-state index >= 15 is 0 Å². The molecule has 1 rings (SSSR count). The molecule has 0 saturated carbocycles. The summed E-state index contributed by atoms with van der Waals surface area (Å²) in [5.74, 6) is -0.875. The zero-order chi connectivity index (χ0) is 7.98. The second kappa shape index (κ2) is 4.99. The summed E-state index contributed by atoms with van der Waals surface area (Å²) in [5.41, 5.74) is 0.813. The maximum Gasteiger partial charge on any atom is 0.328 e. The van der Waals surface area contributed by atoms with Crippen molar-refractivity contribution in [3.63, 3.8) is 0 Å². The summed E-state index contributed by atoms with van der Waals surface area (Å²) in [6, 6.07) is 0. The van der Waals surface area contributed by atoms with Gasteiger partial charge >= 0.3 is 5.97 Å². The van der Waals surface area contributed by atoms with Gasteiger partial charge in [0.05, 0.1) is 13.2 Å². The van der Waals surface area contributed by atoms with Crippen LogP contribution < -0.4 is 0 Å². The van der Waals surface area contributed by atoms with E-state index in [0.717, 1.165) is 18.8 Å². The Balaban J connectivity index is 0.000000219. The van der Waals surface area contributed by atoms with Crippen LogP contribution in [0.1, 0.15) is 13.8 Å². The largest absolute Gasteiger partial charge is 0.478 e. The van der Waals surface area contributed by atoms with Gasteiger partial charge in [-0.2, -0.15) is 0 Å². The normalized spacial score (nSPS) is 12.6. The maximum atomic E-state index is 9.73. The second-order valence-electron chi connectivity index (χ2n) is 2.17. The zero-order valence-corrected chi connectivity index (χ0v) is 6.26. The van der Waals surface area contributed by atoms with E-state index in [1.54, 1.807) is 13.8 Å². The van der Waals surface area contributed by atoms with Crippen molar-refractivity contribution in [2.24, 2.45) is 0 Å². The average molecular weight is 144 g/mol. The van der Waals surface area contributed by atoms with Crippen molar-refractivity contribution in [1.82, 2.24) is 0 Å². The number of aliphatic carboxylic acids is 1. The molecule has 0 aliphatic carbocycles. The van der Waals surface area contributed by atoms with E-state index in [-0.39, 0.29) is 0 Å². The minimum absolute atomic E-state index is 0.813.